The molecule has 0 atom stereocenters. The van der Waals surface area contributed by atoms with Gasteiger partial charge >= 0.3 is 5.97 Å². The Bertz CT molecular complexity index is 1230. The van der Waals surface area contributed by atoms with Crippen LogP contribution in [0.15, 0.2) is 35.3 Å². The monoisotopic (exact) mass is 438 g/mol. The van der Waals surface area contributed by atoms with Gasteiger partial charge in [0.25, 0.3) is 5.56 Å². The second kappa shape index (κ2) is 10.00. The van der Waals surface area contributed by atoms with Crippen molar-refractivity contribution in [2.75, 3.05) is 21.3 Å². The van der Waals surface area contributed by atoms with E-state index in [0.29, 0.717) is 40.6 Å². The topological polar surface area (TPSA) is 99.4 Å². The standard InChI is InChI=1S/C24H26N2O6/c1-5-6-7-17-18(25-22-11-9-16(24(28)29)14-26(22)23(17)27)10-8-15-12-20(31-3)21(32-4)13-19(15)30-2/h8-14H,5-7H2,1-4H3,(H,28,29)/b10-8+. The number of fused-ring (bicyclic) bond motifs is 1. The van der Waals surface area contributed by atoms with Crippen LogP contribution in [0.5, 0.6) is 17.2 Å². The number of aromatic carboxylic acids is 1. The highest BCUT2D eigenvalue weighted by Crippen LogP contribution is 2.35. The number of methoxy groups -OCH3 is 3. The quantitative estimate of drug-likeness (QED) is 0.540. The number of hydrogen-bond donors (Lipinski definition) is 1. The highest BCUT2D eigenvalue weighted by atomic mass is 16.5. The lowest BCUT2D eigenvalue weighted by atomic mass is 10.1. The van der Waals surface area contributed by atoms with E-state index in [1.165, 1.54) is 22.7 Å². The first-order valence-corrected chi connectivity index (χ1v) is 10.2. The maximum Gasteiger partial charge on any atom is 0.337 e. The van der Waals surface area contributed by atoms with Gasteiger partial charge in [-0.25, -0.2) is 9.78 Å². The van der Waals surface area contributed by atoms with Gasteiger partial charge in [-0.05, 0) is 43.2 Å². The third-order valence-electron chi connectivity index (χ3n) is 5.13. The summed E-state index contributed by atoms with van der Waals surface area (Å²) in [4.78, 5) is 29.1. The van der Waals surface area contributed by atoms with Gasteiger partial charge in [-0.3, -0.25) is 9.20 Å². The van der Waals surface area contributed by atoms with Crippen molar-refractivity contribution in [2.45, 2.75) is 26.2 Å². The number of carboxylic acids is 1. The smallest absolute Gasteiger partial charge is 0.337 e. The first kappa shape index (κ1) is 22.9. The van der Waals surface area contributed by atoms with Crippen LogP contribution in [0.25, 0.3) is 17.8 Å². The van der Waals surface area contributed by atoms with Gasteiger partial charge in [0.15, 0.2) is 11.5 Å². The van der Waals surface area contributed by atoms with Crippen LogP contribution in [0.2, 0.25) is 0 Å². The molecule has 1 N–H and O–H groups in total. The SMILES string of the molecule is CCCCc1c(/C=C/c2cc(OC)c(OC)cc2OC)nc2ccc(C(=O)O)cn2c1=O. The van der Waals surface area contributed by atoms with Crippen LogP contribution in [0.4, 0.5) is 0 Å². The highest BCUT2D eigenvalue weighted by Gasteiger charge is 2.14. The molecule has 32 heavy (non-hydrogen) atoms. The molecule has 0 aliphatic carbocycles. The maximum absolute atomic E-state index is 13.2. The molecule has 8 nitrogen and oxygen atoms in total. The second-order valence-corrected chi connectivity index (χ2v) is 7.12. The van der Waals surface area contributed by atoms with Crippen LogP contribution >= 0.6 is 0 Å². The maximum atomic E-state index is 13.2. The van der Waals surface area contributed by atoms with Crippen molar-refractivity contribution >= 4 is 23.8 Å². The molecule has 0 fully saturated rings. The predicted octanol–water partition coefficient (Wildman–Crippen LogP) is 3.93. The first-order chi connectivity index (χ1) is 15.4. The van der Waals surface area contributed by atoms with Crippen molar-refractivity contribution in [3.8, 4) is 17.2 Å². The molecule has 0 amide bonds. The highest BCUT2D eigenvalue weighted by molar-refractivity contribution is 5.87. The number of carboxylic acid groups (broad SMARTS) is 1. The Labute approximate surface area is 185 Å². The van der Waals surface area contributed by atoms with Crippen LogP contribution in [-0.4, -0.2) is 41.8 Å². The summed E-state index contributed by atoms with van der Waals surface area (Å²) in [6.07, 6.45) is 7.13. The van der Waals surface area contributed by atoms with Gasteiger partial charge in [0.2, 0.25) is 0 Å². The van der Waals surface area contributed by atoms with Gasteiger partial charge in [-0.2, -0.15) is 0 Å². The number of pyridine rings is 1. The van der Waals surface area contributed by atoms with E-state index in [4.69, 9.17) is 14.2 Å². The van der Waals surface area contributed by atoms with Crippen LogP contribution in [0.1, 0.15) is 46.9 Å². The van der Waals surface area contributed by atoms with E-state index in [2.05, 4.69) is 4.98 Å². The van der Waals surface area contributed by atoms with E-state index >= 15 is 0 Å². The zero-order chi connectivity index (χ0) is 23.3. The fourth-order valence-electron chi connectivity index (χ4n) is 3.40. The summed E-state index contributed by atoms with van der Waals surface area (Å²) in [6.45, 7) is 2.04. The van der Waals surface area contributed by atoms with E-state index in [1.807, 2.05) is 6.92 Å². The summed E-state index contributed by atoms with van der Waals surface area (Å²) in [7, 11) is 4.67. The summed E-state index contributed by atoms with van der Waals surface area (Å²) >= 11 is 0. The molecule has 8 heteroatoms. The molecule has 0 bridgehead atoms. The predicted molar refractivity (Wildman–Crippen MR) is 122 cm³/mol. The Kier molecular flexibility index (Phi) is 7.14. The molecule has 3 aromatic rings. The molecule has 2 aromatic heterocycles. The Morgan fingerprint density at radius 2 is 1.75 bits per heavy atom. The van der Waals surface area contributed by atoms with E-state index < -0.39 is 5.97 Å². The molecule has 0 saturated heterocycles. The lowest BCUT2D eigenvalue weighted by Gasteiger charge is -2.12. The number of unbranched alkanes of at least 4 members (excludes halogenated alkanes) is 1. The largest absolute Gasteiger partial charge is 0.496 e. The Hall–Kier alpha value is -3.81. The lowest BCUT2D eigenvalue weighted by Crippen LogP contribution is -2.22. The molecule has 168 valence electrons. The molecular formula is C24H26N2O6. The van der Waals surface area contributed by atoms with Crippen LogP contribution in [0.3, 0.4) is 0 Å². The molecule has 0 saturated carbocycles. The van der Waals surface area contributed by atoms with Gasteiger partial charge in [0, 0.05) is 23.4 Å². The Morgan fingerprint density at radius 1 is 1.06 bits per heavy atom. The summed E-state index contributed by atoms with van der Waals surface area (Å²) in [6, 6.07) is 6.48. The molecular weight excluding hydrogens is 412 g/mol. The van der Waals surface area contributed by atoms with Crippen LogP contribution in [-0.2, 0) is 6.42 Å². The van der Waals surface area contributed by atoms with Gasteiger partial charge in [-0.1, -0.05) is 13.3 Å². The number of nitrogens with zero attached hydrogens (tertiary/aromatic N) is 2. The van der Waals surface area contributed by atoms with Crippen LogP contribution < -0.4 is 19.8 Å². The van der Waals surface area contributed by atoms with Gasteiger partial charge in [0.05, 0.1) is 32.6 Å². The molecule has 0 aliphatic rings. The fourth-order valence-corrected chi connectivity index (χ4v) is 3.40. The average molecular weight is 438 g/mol. The molecule has 1 aromatic carbocycles. The third-order valence-corrected chi connectivity index (χ3v) is 5.13. The zero-order valence-corrected chi connectivity index (χ0v) is 18.5. The molecule has 0 unspecified atom stereocenters. The number of ether oxygens (including phenoxy) is 3. The zero-order valence-electron chi connectivity index (χ0n) is 18.5. The van der Waals surface area contributed by atoms with Gasteiger partial charge < -0.3 is 19.3 Å². The van der Waals surface area contributed by atoms with E-state index in [-0.39, 0.29) is 11.1 Å². The third kappa shape index (κ3) is 4.59. The van der Waals surface area contributed by atoms with Gasteiger partial charge in [0.1, 0.15) is 11.4 Å². The summed E-state index contributed by atoms with van der Waals surface area (Å²) < 4.78 is 17.5. The molecule has 0 radical (unpaired) electrons. The van der Waals surface area contributed by atoms with E-state index in [9.17, 15) is 14.7 Å². The number of benzene rings is 1. The van der Waals surface area contributed by atoms with Crippen molar-refractivity contribution in [1.82, 2.24) is 9.38 Å². The van der Waals surface area contributed by atoms with Crippen molar-refractivity contribution in [3.05, 3.63) is 63.2 Å². The van der Waals surface area contributed by atoms with Crippen molar-refractivity contribution < 1.29 is 24.1 Å². The average Bonchev–Trinajstić information content (AvgIpc) is 2.81. The number of carbonyl (C=O) groups is 1. The summed E-state index contributed by atoms with van der Waals surface area (Å²) in [5, 5.41) is 9.26. The van der Waals surface area contributed by atoms with Crippen molar-refractivity contribution in [1.29, 1.82) is 0 Å². The van der Waals surface area contributed by atoms with Crippen LogP contribution in [0, 0.1) is 0 Å². The lowest BCUT2D eigenvalue weighted by molar-refractivity contribution is 0.0696. The molecule has 2 heterocycles. The van der Waals surface area contributed by atoms with Crippen molar-refractivity contribution in [2.24, 2.45) is 0 Å². The molecule has 3 rings (SSSR count). The minimum atomic E-state index is -1.10. The van der Waals surface area contributed by atoms with Crippen molar-refractivity contribution in [3.63, 3.8) is 0 Å². The molecule has 0 spiro atoms. The number of hydrogen-bond acceptors (Lipinski definition) is 6. The summed E-state index contributed by atoms with van der Waals surface area (Å²) in [5.74, 6) is 0.574. The van der Waals surface area contributed by atoms with E-state index in [1.54, 1.807) is 45.6 Å². The molecule has 0 aliphatic heterocycles. The number of rotatable bonds is 9. The summed E-state index contributed by atoms with van der Waals surface area (Å²) in [5.41, 5.74) is 1.92. The minimum Gasteiger partial charge on any atom is -0.496 e. The second-order valence-electron chi connectivity index (χ2n) is 7.12. The normalized spacial score (nSPS) is 11.1. The Balaban J connectivity index is 2.15. The minimum absolute atomic E-state index is 0.0289. The Morgan fingerprint density at radius 3 is 2.38 bits per heavy atom. The van der Waals surface area contributed by atoms with Gasteiger partial charge in [-0.15, -0.1) is 0 Å². The fraction of sp³-hybridized carbons (Fsp3) is 0.292. The first-order valence-electron chi connectivity index (χ1n) is 10.2. The van der Waals surface area contributed by atoms with E-state index in [0.717, 1.165) is 18.4 Å². The number of aromatic nitrogens is 2.